The highest BCUT2D eigenvalue weighted by Crippen LogP contribution is 2.52. The summed E-state index contributed by atoms with van der Waals surface area (Å²) in [5, 5.41) is 12.8. The van der Waals surface area contributed by atoms with Crippen LogP contribution in [-0.4, -0.2) is 31.5 Å². The standard InChI is InChI=1S/C24H34O5/c1-7-26-19-13-11-12-17-20(19)23(28-9-3)24(29-10-4)21(22(17)27-8-2)18(25)15-14-16(5)6/h11-14,18,25H,7-10,15H2,1-6H3. The summed E-state index contributed by atoms with van der Waals surface area (Å²) in [6.45, 7) is 13.7. The Balaban J connectivity index is 2.92. The molecule has 0 aromatic heterocycles. The Labute approximate surface area is 174 Å². The van der Waals surface area contributed by atoms with Crippen molar-refractivity contribution >= 4 is 10.8 Å². The van der Waals surface area contributed by atoms with Crippen LogP contribution >= 0.6 is 0 Å². The molecule has 0 aliphatic carbocycles. The van der Waals surface area contributed by atoms with E-state index in [0.717, 1.165) is 16.3 Å². The van der Waals surface area contributed by atoms with Crippen molar-refractivity contribution in [3.05, 3.63) is 35.4 Å². The number of hydrogen-bond acceptors (Lipinski definition) is 5. The smallest absolute Gasteiger partial charge is 0.173 e. The molecule has 0 aliphatic heterocycles. The lowest BCUT2D eigenvalue weighted by atomic mass is 9.96. The van der Waals surface area contributed by atoms with Gasteiger partial charge in [0.25, 0.3) is 0 Å². The van der Waals surface area contributed by atoms with Gasteiger partial charge in [-0.2, -0.15) is 0 Å². The zero-order valence-corrected chi connectivity index (χ0v) is 18.5. The largest absolute Gasteiger partial charge is 0.493 e. The predicted octanol–water partition coefficient (Wildman–Crippen LogP) is 5.82. The van der Waals surface area contributed by atoms with Gasteiger partial charge in [-0.1, -0.05) is 23.8 Å². The van der Waals surface area contributed by atoms with E-state index in [1.165, 1.54) is 0 Å². The molecule has 160 valence electrons. The van der Waals surface area contributed by atoms with Gasteiger partial charge in [0.2, 0.25) is 0 Å². The van der Waals surface area contributed by atoms with Crippen molar-refractivity contribution in [2.75, 3.05) is 26.4 Å². The van der Waals surface area contributed by atoms with E-state index in [4.69, 9.17) is 18.9 Å². The Morgan fingerprint density at radius 2 is 1.45 bits per heavy atom. The molecule has 0 amide bonds. The zero-order valence-electron chi connectivity index (χ0n) is 18.5. The summed E-state index contributed by atoms with van der Waals surface area (Å²) >= 11 is 0. The first kappa shape index (κ1) is 22.9. The van der Waals surface area contributed by atoms with Crippen molar-refractivity contribution in [3.8, 4) is 23.0 Å². The summed E-state index contributed by atoms with van der Waals surface area (Å²) in [5.74, 6) is 2.43. The molecule has 0 aliphatic rings. The highest BCUT2D eigenvalue weighted by molar-refractivity contribution is 6.01. The van der Waals surface area contributed by atoms with Crippen LogP contribution in [-0.2, 0) is 0 Å². The Hall–Kier alpha value is -2.40. The third-order valence-corrected chi connectivity index (χ3v) is 4.44. The molecule has 0 saturated heterocycles. The van der Waals surface area contributed by atoms with Crippen LogP contribution in [0.4, 0.5) is 0 Å². The van der Waals surface area contributed by atoms with Gasteiger partial charge in [0.1, 0.15) is 11.5 Å². The lowest BCUT2D eigenvalue weighted by Crippen LogP contribution is -2.10. The maximum absolute atomic E-state index is 11.1. The molecule has 5 heteroatoms. The number of rotatable bonds is 11. The molecule has 1 N–H and O–H groups in total. The van der Waals surface area contributed by atoms with E-state index in [0.29, 0.717) is 61.4 Å². The fourth-order valence-corrected chi connectivity index (χ4v) is 3.35. The molecule has 1 atom stereocenters. The minimum Gasteiger partial charge on any atom is -0.493 e. The molecule has 0 radical (unpaired) electrons. The van der Waals surface area contributed by atoms with Gasteiger partial charge in [-0.15, -0.1) is 0 Å². The van der Waals surface area contributed by atoms with Crippen molar-refractivity contribution in [2.24, 2.45) is 0 Å². The molecule has 0 heterocycles. The molecule has 0 fully saturated rings. The van der Waals surface area contributed by atoms with Gasteiger partial charge < -0.3 is 24.1 Å². The molecule has 29 heavy (non-hydrogen) atoms. The summed E-state index contributed by atoms with van der Waals surface area (Å²) in [7, 11) is 0. The number of aliphatic hydroxyl groups excluding tert-OH is 1. The summed E-state index contributed by atoms with van der Waals surface area (Å²) in [6, 6.07) is 5.81. The van der Waals surface area contributed by atoms with Crippen molar-refractivity contribution in [1.29, 1.82) is 0 Å². The second-order valence-corrected chi connectivity index (χ2v) is 6.84. The Bertz CT molecular complexity index is 837. The molecule has 2 rings (SSSR count). The van der Waals surface area contributed by atoms with Gasteiger partial charge >= 0.3 is 0 Å². The number of ether oxygens (including phenoxy) is 4. The fraction of sp³-hybridized carbons (Fsp3) is 0.500. The lowest BCUT2D eigenvalue weighted by Gasteiger charge is -2.25. The molecule has 2 aromatic rings. The van der Waals surface area contributed by atoms with Gasteiger partial charge in [0, 0.05) is 5.39 Å². The van der Waals surface area contributed by atoms with E-state index in [1.54, 1.807) is 0 Å². The average Bonchev–Trinajstić information content (AvgIpc) is 2.69. The van der Waals surface area contributed by atoms with Gasteiger partial charge in [-0.25, -0.2) is 0 Å². The SMILES string of the molecule is CCOc1c(C(O)CC=C(C)C)c(OCC)c2cccc(OCC)c2c1OCC. The number of benzene rings is 2. The van der Waals surface area contributed by atoms with E-state index in [-0.39, 0.29) is 0 Å². The van der Waals surface area contributed by atoms with Gasteiger partial charge in [0.15, 0.2) is 11.5 Å². The molecule has 0 saturated carbocycles. The molecule has 1 unspecified atom stereocenters. The summed E-state index contributed by atoms with van der Waals surface area (Å²) in [5.41, 5.74) is 1.76. The first-order chi connectivity index (χ1) is 14.0. The van der Waals surface area contributed by atoms with E-state index in [9.17, 15) is 5.11 Å². The molecular weight excluding hydrogens is 368 g/mol. The fourth-order valence-electron chi connectivity index (χ4n) is 3.35. The number of hydrogen-bond donors (Lipinski definition) is 1. The third kappa shape index (κ3) is 5.15. The van der Waals surface area contributed by atoms with Gasteiger partial charge in [-0.3, -0.25) is 0 Å². The lowest BCUT2D eigenvalue weighted by molar-refractivity contribution is 0.167. The number of fused-ring (bicyclic) bond motifs is 1. The Kier molecular flexibility index (Phi) is 8.65. The molecule has 0 spiro atoms. The van der Waals surface area contributed by atoms with Crippen LogP contribution in [0.5, 0.6) is 23.0 Å². The number of aliphatic hydroxyl groups is 1. The minimum absolute atomic E-state index is 0.441. The molecular formula is C24H34O5. The maximum Gasteiger partial charge on any atom is 0.173 e. The predicted molar refractivity (Wildman–Crippen MR) is 118 cm³/mol. The average molecular weight is 403 g/mol. The van der Waals surface area contributed by atoms with Crippen LogP contribution in [0.3, 0.4) is 0 Å². The van der Waals surface area contributed by atoms with E-state index in [1.807, 2.05) is 65.8 Å². The molecule has 2 aromatic carbocycles. The van der Waals surface area contributed by atoms with Crippen molar-refractivity contribution in [2.45, 2.75) is 54.1 Å². The van der Waals surface area contributed by atoms with Crippen molar-refractivity contribution in [3.63, 3.8) is 0 Å². The van der Waals surface area contributed by atoms with Gasteiger partial charge in [0.05, 0.1) is 43.5 Å². The van der Waals surface area contributed by atoms with Crippen LogP contribution in [0, 0.1) is 0 Å². The zero-order chi connectivity index (χ0) is 21.4. The van der Waals surface area contributed by atoms with Crippen LogP contribution in [0.15, 0.2) is 29.8 Å². The van der Waals surface area contributed by atoms with Crippen molar-refractivity contribution in [1.82, 2.24) is 0 Å². The van der Waals surface area contributed by atoms with Crippen molar-refractivity contribution < 1.29 is 24.1 Å². The van der Waals surface area contributed by atoms with E-state index >= 15 is 0 Å². The topological polar surface area (TPSA) is 57.2 Å². The van der Waals surface area contributed by atoms with Crippen LogP contribution < -0.4 is 18.9 Å². The Morgan fingerprint density at radius 3 is 2.03 bits per heavy atom. The Morgan fingerprint density at radius 1 is 0.862 bits per heavy atom. The minimum atomic E-state index is -0.785. The van der Waals surface area contributed by atoms with Gasteiger partial charge in [-0.05, 0) is 54.0 Å². The summed E-state index contributed by atoms with van der Waals surface area (Å²) in [4.78, 5) is 0. The first-order valence-electron chi connectivity index (χ1n) is 10.4. The summed E-state index contributed by atoms with van der Waals surface area (Å²) < 4.78 is 24.0. The molecule has 0 bridgehead atoms. The van der Waals surface area contributed by atoms with Crippen LogP contribution in [0.25, 0.3) is 10.8 Å². The second kappa shape index (κ2) is 11.0. The first-order valence-corrected chi connectivity index (χ1v) is 10.4. The third-order valence-electron chi connectivity index (χ3n) is 4.44. The maximum atomic E-state index is 11.1. The van der Waals surface area contributed by atoms with E-state index < -0.39 is 6.10 Å². The molecule has 5 nitrogen and oxygen atoms in total. The highest BCUT2D eigenvalue weighted by Gasteiger charge is 2.28. The summed E-state index contributed by atoms with van der Waals surface area (Å²) in [6.07, 6.45) is 1.69. The van der Waals surface area contributed by atoms with Crippen LogP contribution in [0.1, 0.15) is 59.6 Å². The normalized spacial score (nSPS) is 11.8. The quantitative estimate of drug-likeness (QED) is 0.480. The van der Waals surface area contributed by atoms with E-state index in [2.05, 4.69) is 0 Å². The number of allylic oxidation sites excluding steroid dienone is 1. The van der Waals surface area contributed by atoms with Crippen LogP contribution in [0.2, 0.25) is 0 Å². The monoisotopic (exact) mass is 402 g/mol. The highest BCUT2D eigenvalue weighted by atomic mass is 16.5. The second-order valence-electron chi connectivity index (χ2n) is 6.84.